The van der Waals surface area contributed by atoms with Gasteiger partial charge in [0, 0.05) is 5.56 Å². The van der Waals surface area contributed by atoms with Gasteiger partial charge in [-0.2, -0.15) is 0 Å². The van der Waals surface area contributed by atoms with E-state index in [1.54, 1.807) is 45.4 Å². The van der Waals surface area contributed by atoms with Crippen molar-refractivity contribution in [2.45, 2.75) is 19.9 Å². The Bertz CT molecular complexity index is 941. The molecule has 146 valence electrons. The second kappa shape index (κ2) is 8.30. The van der Waals surface area contributed by atoms with Gasteiger partial charge in [0.2, 0.25) is 10.0 Å². The van der Waals surface area contributed by atoms with Gasteiger partial charge in [0.05, 0.1) is 32.2 Å². The van der Waals surface area contributed by atoms with E-state index >= 15 is 0 Å². The third-order valence-electron chi connectivity index (χ3n) is 4.04. The van der Waals surface area contributed by atoms with Crippen LogP contribution in [0.15, 0.2) is 36.4 Å². The van der Waals surface area contributed by atoms with Crippen LogP contribution in [0.2, 0.25) is 0 Å². The van der Waals surface area contributed by atoms with Gasteiger partial charge in [0.1, 0.15) is 0 Å². The highest BCUT2D eigenvalue weighted by Crippen LogP contribution is 2.30. The number of ether oxygens (including phenoxy) is 2. The second-order valence-corrected chi connectivity index (χ2v) is 7.96. The van der Waals surface area contributed by atoms with Crippen LogP contribution in [0.1, 0.15) is 34.5 Å². The summed E-state index contributed by atoms with van der Waals surface area (Å²) >= 11 is 0. The monoisotopic (exact) mass is 392 g/mol. The Morgan fingerprint density at radius 2 is 1.70 bits per heavy atom. The summed E-state index contributed by atoms with van der Waals surface area (Å²) in [7, 11) is -0.255. The Labute approximate surface area is 159 Å². The lowest BCUT2D eigenvalue weighted by Crippen LogP contribution is -2.26. The summed E-state index contributed by atoms with van der Waals surface area (Å²) in [5.74, 6) is 0.943. The minimum atomic E-state index is -3.37. The topological polar surface area (TPSA) is 93.7 Å². The number of amides is 1. The van der Waals surface area contributed by atoms with E-state index in [9.17, 15) is 13.2 Å². The molecule has 2 rings (SSSR count). The van der Waals surface area contributed by atoms with E-state index in [0.717, 1.165) is 11.8 Å². The van der Waals surface area contributed by atoms with Crippen molar-refractivity contribution in [2.75, 3.05) is 25.2 Å². The summed E-state index contributed by atoms with van der Waals surface area (Å²) < 4.78 is 35.7. The molecule has 7 nitrogen and oxygen atoms in total. The van der Waals surface area contributed by atoms with Crippen LogP contribution in [-0.4, -0.2) is 34.8 Å². The van der Waals surface area contributed by atoms with Gasteiger partial charge in [-0.25, -0.2) is 8.42 Å². The van der Waals surface area contributed by atoms with Gasteiger partial charge in [-0.15, -0.1) is 0 Å². The Balaban J connectivity index is 2.16. The zero-order chi connectivity index (χ0) is 20.2. The van der Waals surface area contributed by atoms with Crippen molar-refractivity contribution in [3.05, 3.63) is 53.1 Å². The first-order valence-corrected chi connectivity index (χ1v) is 10.1. The molecule has 0 aliphatic rings. The summed E-state index contributed by atoms with van der Waals surface area (Å²) in [6.07, 6.45) is 1.08. The normalized spacial score (nSPS) is 12.2. The molecule has 0 radical (unpaired) electrons. The van der Waals surface area contributed by atoms with Gasteiger partial charge >= 0.3 is 0 Å². The summed E-state index contributed by atoms with van der Waals surface area (Å²) in [5.41, 5.74) is 2.42. The lowest BCUT2D eigenvalue weighted by molar-refractivity contribution is 0.0939. The Hall–Kier alpha value is -2.74. The van der Waals surface area contributed by atoms with Crippen LogP contribution in [0.4, 0.5) is 5.69 Å². The number of aryl methyl sites for hydroxylation is 1. The fourth-order valence-corrected chi connectivity index (χ4v) is 3.23. The van der Waals surface area contributed by atoms with Crippen molar-refractivity contribution in [1.29, 1.82) is 0 Å². The second-order valence-electron chi connectivity index (χ2n) is 6.21. The minimum absolute atomic E-state index is 0.258. The van der Waals surface area contributed by atoms with Gasteiger partial charge in [-0.3, -0.25) is 9.52 Å². The fourth-order valence-electron chi connectivity index (χ4n) is 2.60. The van der Waals surface area contributed by atoms with Gasteiger partial charge in [0.15, 0.2) is 11.5 Å². The molecule has 0 fully saturated rings. The Morgan fingerprint density at radius 3 is 2.26 bits per heavy atom. The molecular weight excluding hydrogens is 368 g/mol. The molecule has 1 atom stereocenters. The number of methoxy groups -OCH3 is 2. The number of carbonyl (C=O) groups excluding carboxylic acids is 1. The highest BCUT2D eigenvalue weighted by atomic mass is 32.2. The molecule has 0 aliphatic carbocycles. The first kappa shape index (κ1) is 20.6. The van der Waals surface area contributed by atoms with Gasteiger partial charge < -0.3 is 14.8 Å². The maximum Gasteiger partial charge on any atom is 0.251 e. The molecule has 0 saturated heterocycles. The first-order chi connectivity index (χ1) is 12.6. The van der Waals surface area contributed by atoms with E-state index in [4.69, 9.17) is 9.47 Å². The van der Waals surface area contributed by atoms with Crippen molar-refractivity contribution in [2.24, 2.45) is 0 Å². The Morgan fingerprint density at radius 1 is 1.04 bits per heavy atom. The SMILES string of the molecule is COc1ccc(C(C)NC(=O)c2ccc(NS(C)(=O)=O)c(C)c2)cc1OC. The van der Waals surface area contributed by atoms with Crippen LogP contribution >= 0.6 is 0 Å². The average molecular weight is 392 g/mol. The molecule has 0 aromatic heterocycles. The molecule has 8 heteroatoms. The predicted molar refractivity (Wildman–Crippen MR) is 105 cm³/mol. The minimum Gasteiger partial charge on any atom is -0.493 e. The highest BCUT2D eigenvalue weighted by Gasteiger charge is 2.15. The number of benzene rings is 2. The molecule has 0 bridgehead atoms. The number of rotatable bonds is 7. The van der Waals surface area contributed by atoms with Crippen molar-refractivity contribution in [3.8, 4) is 11.5 Å². The van der Waals surface area contributed by atoms with Crippen LogP contribution in [-0.2, 0) is 10.0 Å². The molecule has 0 spiro atoms. The average Bonchev–Trinajstić information content (AvgIpc) is 2.61. The summed E-state index contributed by atoms with van der Waals surface area (Å²) in [5, 5.41) is 2.92. The largest absolute Gasteiger partial charge is 0.493 e. The zero-order valence-corrected chi connectivity index (χ0v) is 16.8. The third kappa shape index (κ3) is 5.37. The number of anilines is 1. The van der Waals surface area contributed by atoms with Crippen molar-refractivity contribution in [3.63, 3.8) is 0 Å². The van der Waals surface area contributed by atoms with E-state index in [1.807, 2.05) is 19.1 Å². The molecule has 1 unspecified atom stereocenters. The molecule has 2 aromatic carbocycles. The smallest absolute Gasteiger partial charge is 0.251 e. The Kier molecular flexibility index (Phi) is 6.32. The van der Waals surface area contributed by atoms with Gasteiger partial charge in [-0.1, -0.05) is 6.07 Å². The van der Waals surface area contributed by atoms with Crippen LogP contribution in [0.25, 0.3) is 0 Å². The number of sulfonamides is 1. The third-order valence-corrected chi connectivity index (χ3v) is 4.63. The lowest BCUT2D eigenvalue weighted by Gasteiger charge is -2.17. The summed E-state index contributed by atoms with van der Waals surface area (Å²) in [4.78, 5) is 12.5. The molecule has 1 amide bonds. The van der Waals surface area contributed by atoms with Crippen LogP contribution < -0.4 is 19.5 Å². The molecule has 0 heterocycles. The van der Waals surface area contributed by atoms with E-state index in [2.05, 4.69) is 10.0 Å². The summed E-state index contributed by atoms with van der Waals surface area (Å²) in [6, 6.07) is 10.00. The van der Waals surface area contributed by atoms with E-state index in [1.165, 1.54) is 0 Å². The highest BCUT2D eigenvalue weighted by molar-refractivity contribution is 7.92. The first-order valence-electron chi connectivity index (χ1n) is 8.26. The fraction of sp³-hybridized carbons (Fsp3) is 0.316. The van der Waals surface area contributed by atoms with Crippen LogP contribution in [0, 0.1) is 6.92 Å². The van der Waals surface area contributed by atoms with Crippen molar-refractivity contribution in [1.82, 2.24) is 5.32 Å². The van der Waals surface area contributed by atoms with Gasteiger partial charge in [0.25, 0.3) is 5.91 Å². The zero-order valence-electron chi connectivity index (χ0n) is 16.0. The molecule has 0 aliphatic heterocycles. The molecular formula is C19H24N2O5S. The summed E-state index contributed by atoms with van der Waals surface area (Å²) in [6.45, 7) is 3.60. The van der Waals surface area contributed by atoms with E-state index < -0.39 is 10.0 Å². The van der Waals surface area contributed by atoms with E-state index in [0.29, 0.717) is 28.3 Å². The van der Waals surface area contributed by atoms with E-state index in [-0.39, 0.29) is 11.9 Å². The lowest BCUT2D eigenvalue weighted by atomic mass is 10.1. The quantitative estimate of drug-likeness (QED) is 0.756. The maximum atomic E-state index is 12.5. The van der Waals surface area contributed by atoms with Crippen molar-refractivity contribution >= 4 is 21.6 Å². The number of carbonyl (C=O) groups is 1. The predicted octanol–water partition coefficient (Wildman–Crippen LogP) is 2.87. The standard InChI is InChI=1S/C19H24N2O5S/c1-12-10-15(6-8-16(12)21-27(5,23)24)19(22)20-13(2)14-7-9-17(25-3)18(11-14)26-4/h6-11,13,21H,1-5H3,(H,20,22). The van der Waals surface area contributed by atoms with Crippen LogP contribution in [0.3, 0.4) is 0 Å². The molecule has 2 aromatic rings. The van der Waals surface area contributed by atoms with Gasteiger partial charge in [-0.05, 0) is 55.3 Å². The van der Waals surface area contributed by atoms with Crippen molar-refractivity contribution < 1.29 is 22.7 Å². The molecule has 27 heavy (non-hydrogen) atoms. The molecule has 2 N–H and O–H groups in total. The number of nitrogens with one attached hydrogen (secondary N) is 2. The van der Waals surface area contributed by atoms with Crippen LogP contribution in [0.5, 0.6) is 11.5 Å². The number of hydrogen-bond acceptors (Lipinski definition) is 5. The molecule has 0 saturated carbocycles. The number of hydrogen-bond donors (Lipinski definition) is 2. The maximum absolute atomic E-state index is 12.5.